The second-order valence-corrected chi connectivity index (χ2v) is 3.38. The minimum Gasteiger partial charge on any atom is -0.481 e. The van der Waals surface area contributed by atoms with Gasteiger partial charge in [0.25, 0.3) is 0 Å². The van der Waals surface area contributed by atoms with Crippen LogP contribution in [0.5, 0.6) is 0 Å². The van der Waals surface area contributed by atoms with Crippen molar-refractivity contribution < 1.29 is 9.90 Å². The summed E-state index contributed by atoms with van der Waals surface area (Å²) in [5, 5.41) is 12.1. The largest absolute Gasteiger partial charge is 0.481 e. The maximum Gasteiger partial charge on any atom is 0.308 e. The van der Waals surface area contributed by atoms with Crippen LogP contribution in [0.3, 0.4) is 0 Å². The fourth-order valence-electron chi connectivity index (χ4n) is 1.71. The van der Waals surface area contributed by atoms with Gasteiger partial charge in [0, 0.05) is 5.54 Å². The fraction of sp³-hybridized carbons (Fsp3) is 0.875. The summed E-state index contributed by atoms with van der Waals surface area (Å²) in [5.41, 5.74) is -0.175. The highest BCUT2D eigenvalue weighted by molar-refractivity contribution is 5.72. The van der Waals surface area contributed by atoms with Gasteiger partial charge in [-0.05, 0) is 26.3 Å². The molecule has 0 saturated carbocycles. The van der Waals surface area contributed by atoms with Crippen molar-refractivity contribution in [1.82, 2.24) is 5.32 Å². The average Bonchev–Trinajstić information content (AvgIpc) is 2.32. The molecular weight excluding hydrogens is 142 g/mol. The highest BCUT2D eigenvalue weighted by atomic mass is 16.4. The van der Waals surface area contributed by atoms with Gasteiger partial charge >= 0.3 is 5.97 Å². The topological polar surface area (TPSA) is 49.3 Å². The van der Waals surface area contributed by atoms with Gasteiger partial charge < -0.3 is 10.4 Å². The van der Waals surface area contributed by atoms with Crippen molar-refractivity contribution in [2.45, 2.75) is 32.2 Å². The maximum absolute atomic E-state index is 10.7. The van der Waals surface area contributed by atoms with E-state index in [2.05, 4.69) is 5.32 Å². The lowest BCUT2D eigenvalue weighted by molar-refractivity contribution is -0.143. The first-order chi connectivity index (χ1) is 5.10. The molecule has 1 rings (SSSR count). The Kier molecular flexibility index (Phi) is 2.18. The van der Waals surface area contributed by atoms with Gasteiger partial charge in [-0.3, -0.25) is 4.79 Å². The van der Waals surface area contributed by atoms with Gasteiger partial charge in [-0.25, -0.2) is 0 Å². The molecule has 1 heterocycles. The molecule has 2 N–H and O–H groups in total. The monoisotopic (exact) mass is 157 g/mol. The zero-order chi connectivity index (χ0) is 8.48. The molecule has 3 nitrogen and oxygen atoms in total. The number of carbonyl (C=O) groups is 1. The molecule has 2 atom stereocenters. The number of carboxylic acid groups (broad SMARTS) is 1. The van der Waals surface area contributed by atoms with Crippen LogP contribution in [0.4, 0.5) is 0 Å². The van der Waals surface area contributed by atoms with Crippen LogP contribution in [0.2, 0.25) is 0 Å². The second kappa shape index (κ2) is 2.81. The van der Waals surface area contributed by atoms with Crippen LogP contribution < -0.4 is 5.32 Å². The van der Waals surface area contributed by atoms with Gasteiger partial charge in [-0.2, -0.15) is 0 Å². The number of rotatable bonds is 2. The predicted octanol–water partition coefficient (Wildman–Crippen LogP) is 0.849. The molecule has 3 heteroatoms. The van der Waals surface area contributed by atoms with E-state index in [0.29, 0.717) is 0 Å². The molecule has 1 saturated heterocycles. The van der Waals surface area contributed by atoms with Crippen LogP contribution in [0.25, 0.3) is 0 Å². The quantitative estimate of drug-likeness (QED) is 0.624. The van der Waals surface area contributed by atoms with Gasteiger partial charge in [0.2, 0.25) is 0 Å². The maximum atomic E-state index is 10.7. The van der Waals surface area contributed by atoms with Crippen molar-refractivity contribution in [3.63, 3.8) is 0 Å². The van der Waals surface area contributed by atoms with Crippen molar-refractivity contribution >= 4 is 5.97 Å². The lowest BCUT2D eigenvalue weighted by Gasteiger charge is -2.27. The van der Waals surface area contributed by atoms with Crippen LogP contribution in [0, 0.1) is 5.92 Å². The Morgan fingerprint density at radius 2 is 2.45 bits per heavy atom. The van der Waals surface area contributed by atoms with E-state index in [1.807, 2.05) is 13.8 Å². The third-order valence-electron chi connectivity index (χ3n) is 2.76. The van der Waals surface area contributed by atoms with Crippen LogP contribution in [0.1, 0.15) is 26.7 Å². The van der Waals surface area contributed by atoms with E-state index in [9.17, 15) is 4.79 Å². The van der Waals surface area contributed by atoms with Crippen molar-refractivity contribution in [2.75, 3.05) is 6.54 Å². The lowest BCUT2D eigenvalue weighted by atomic mass is 9.85. The first kappa shape index (κ1) is 8.53. The Labute approximate surface area is 66.8 Å². The summed E-state index contributed by atoms with van der Waals surface area (Å²) in [6.07, 6.45) is 1.64. The van der Waals surface area contributed by atoms with Gasteiger partial charge in [-0.15, -0.1) is 0 Å². The summed E-state index contributed by atoms with van der Waals surface area (Å²) in [6, 6.07) is 0. The molecular formula is C8H15NO2. The molecule has 0 spiro atoms. The third-order valence-corrected chi connectivity index (χ3v) is 2.76. The third kappa shape index (κ3) is 1.38. The Morgan fingerprint density at radius 1 is 1.82 bits per heavy atom. The van der Waals surface area contributed by atoms with Crippen molar-refractivity contribution in [3.05, 3.63) is 0 Å². The lowest BCUT2D eigenvalue weighted by Crippen LogP contribution is -2.43. The molecule has 0 aromatic heterocycles. The number of hydrogen-bond donors (Lipinski definition) is 2. The Bertz CT molecular complexity index is 169. The zero-order valence-electron chi connectivity index (χ0n) is 7.05. The average molecular weight is 157 g/mol. The van der Waals surface area contributed by atoms with Gasteiger partial charge in [-0.1, -0.05) is 6.92 Å². The summed E-state index contributed by atoms with van der Waals surface area (Å²) in [4.78, 5) is 10.7. The van der Waals surface area contributed by atoms with Crippen molar-refractivity contribution in [1.29, 1.82) is 0 Å². The Morgan fingerprint density at radius 3 is 2.82 bits per heavy atom. The number of hydrogen-bond acceptors (Lipinski definition) is 2. The first-order valence-electron chi connectivity index (χ1n) is 4.08. The second-order valence-electron chi connectivity index (χ2n) is 3.38. The van der Waals surface area contributed by atoms with Crippen LogP contribution in [-0.2, 0) is 4.79 Å². The van der Waals surface area contributed by atoms with Gasteiger partial charge in [0.05, 0.1) is 5.92 Å². The first-order valence-corrected chi connectivity index (χ1v) is 4.08. The van der Waals surface area contributed by atoms with E-state index in [1.54, 1.807) is 0 Å². The summed E-state index contributed by atoms with van der Waals surface area (Å²) in [7, 11) is 0. The van der Waals surface area contributed by atoms with Crippen LogP contribution >= 0.6 is 0 Å². The minimum absolute atomic E-state index is 0.175. The summed E-state index contributed by atoms with van der Waals surface area (Å²) in [6.45, 7) is 4.84. The normalized spacial score (nSPS) is 37.5. The van der Waals surface area contributed by atoms with Gasteiger partial charge in [0.1, 0.15) is 0 Å². The summed E-state index contributed by atoms with van der Waals surface area (Å²) >= 11 is 0. The zero-order valence-corrected chi connectivity index (χ0v) is 7.05. The number of nitrogens with one attached hydrogen (secondary N) is 1. The molecule has 1 aliphatic heterocycles. The van der Waals surface area contributed by atoms with E-state index in [4.69, 9.17) is 5.11 Å². The molecule has 1 fully saturated rings. The molecule has 0 bridgehead atoms. The van der Waals surface area contributed by atoms with Crippen molar-refractivity contribution in [2.24, 2.45) is 5.92 Å². The minimum atomic E-state index is -0.667. The smallest absolute Gasteiger partial charge is 0.308 e. The number of carboxylic acids is 1. The van der Waals surface area contributed by atoms with E-state index in [0.717, 1.165) is 19.4 Å². The molecule has 0 radical (unpaired) electrons. The highest BCUT2D eigenvalue weighted by Crippen LogP contribution is 2.29. The standard InChI is InChI=1S/C8H15NO2/c1-3-8(2)6(7(10)11)4-5-9-8/h6,9H,3-5H2,1-2H3,(H,10,11). The number of aliphatic carboxylic acids is 1. The molecule has 64 valence electrons. The SMILES string of the molecule is CCC1(C)NCCC1C(=O)O. The Balaban J connectivity index is 2.72. The van der Waals surface area contributed by atoms with Crippen LogP contribution in [-0.4, -0.2) is 23.2 Å². The van der Waals surface area contributed by atoms with Crippen molar-refractivity contribution in [3.8, 4) is 0 Å². The predicted molar refractivity (Wildman–Crippen MR) is 42.4 cm³/mol. The molecule has 0 aromatic rings. The van der Waals surface area contributed by atoms with Gasteiger partial charge in [0.15, 0.2) is 0 Å². The molecule has 0 amide bonds. The molecule has 2 unspecified atom stereocenters. The summed E-state index contributed by atoms with van der Waals surface area (Å²) in [5.74, 6) is -0.869. The highest BCUT2D eigenvalue weighted by Gasteiger charge is 2.41. The van der Waals surface area contributed by atoms with E-state index in [1.165, 1.54) is 0 Å². The van der Waals surface area contributed by atoms with E-state index < -0.39 is 5.97 Å². The summed E-state index contributed by atoms with van der Waals surface area (Å²) < 4.78 is 0. The molecule has 1 aliphatic rings. The van der Waals surface area contributed by atoms with E-state index in [-0.39, 0.29) is 11.5 Å². The molecule has 0 aliphatic carbocycles. The Hall–Kier alpha value is -0.570. The van der Waals surface area contributed by atoms with E-state index >= 15 is 0 Å². The van der Waals surface area contributed by atoms with Crippen LogP contribution in [0.15, 0.2) is 0 Å². The fourth-order valence-corrected chi connectivity index (χ4v) is 1.71. The molecule has 11 heavy (non-hydrogen) atoms. The molecule has 0 aromatic carbocycles.